The molecular weight excluding hydrogens is 294 g/mol. The van der Waals surface area contributed by atoms with E-state index < -0.39 is 11.1 Å². The van der Waals surface area contributed by atoms with Gasteiger partial charge in [-0.25, -0.2) is 4.21 Å². The summed E-state index contributed by atoms with van der Waals surface area (Å²) in [5, 5.41) is 2.95. The van der Waals surface area contributed by atoms with Crippen LogP contribution in [0.25, 0.3) is 11.1 Å². The molecule has 4 heteroatoms. The van der Waals surface area contributed by atoms with Crippen LogP contribution in [0.15, 0.2) is 48.5 Å². The Morgan fingerprint density at radius 1 is 1.00 bits per heavy atom. The molecule has 0 saturated carbocycles. The lowest BCUT2D eigenvalue weighted by molar-refractivity contribution is 0.555. The van der Waals surface area contributed by atoms with Crippen LogP contribution < -0.4 is 5.32 Å². The number of benzene rings is 2. The Morgan fingerprint density at radius 2 is 1.55 bits per heavy atom. The van der Waals surface area contributed by atoms with Crippen molar-refractivity contribution in [2.75, 3.05) is 12.4 Å². The standard InChI is InChI=1S/C18H23NO2S/c1-14(2)16-7-9-18(10-8-16)17-5-3-15(4-6-17)11-12-19-13-22(20)21/h3-10,14,19H,11-13H2,1-2H3,(H,20,21). The molecule has 2 aromatic rings. The molecule has 1 atom stereocenters. The zero-order valence-corrected chi connectivity index (χ0v) is 13.9. The van der Waals surface area contributed by atoms with E-state index in [1.165, 1.54) is 22.3 Å². The predicted molar refractivity (Wildman–Crippen MR) is 93.3 cm³/mol. The summed E-state index contributed by atoms with van der Waals surface area (Å²) in [6.07, 6.45) is 0.851. The van der Waals surface area contributed by atoms with E-state index in [4.69, 9.17) is 4.55 Å². The minimum Gasteiger partial charge on any atom is -0.305 e. The molecule has 2 rings (SSSR count). The molecule has 0 aliphatic rings. The summed E-state index contributed by atoms with van der Waals surface area (Å²) >= 11 is -1.77. The Kier molecular flexibility index (Phi) is 6.31. The molecule has 0 aliphatic heterocycles. The van der Waals surface area contributed by atoms with Crippen LogP contribution in [0, 0.1) is 0 Å². The van der Waals surface area contributed by atoms with Gasteiger partial charge in [-0.1, -0.05) is 62.4 Å². The number of hydrogen-bond donors (Lipinski definition) is 2. The summed E-state index contributed by atoms with van der Waals surface area (Å²) in [5.74, 6) is 0.678. The Morgan fingerprint density at radius 3 is 2.05 bits per heavy atom. The van der Waals surface area contributed by atoms with Gasteiger partial charge in [0.15, 0.2) is 11.1 Å². The van der Waals surface area contributed by atoms with Gasteiger partial charge in [-0.2, -0.15) is 0 Å². The lowest BCUT2D eigenvalue weighted by Gasteiger charge is -2.08. The van der Waals surface area contributed by atoms with Crippen LogP contribution in [0.5, 0.6) is 0 Å². The van der Waals surface area contributed by atoms with E-state index in [0.29, 0.717) is 12.5 Å². The maximum absolute atomic E-state index is 10.5. The summed E-state index contributed by atoms with van der Waals surface area (Å²) < 4.78 is 19.2. The van der Waals surface area contributed by atoms with Crippen molar-refractivity contribution >= 4 is 11.1 Å². The molecule has 0 spiro atoms. The second-order valence-electron chi connectivity index (χ2n) is 5.69. The van der Waals surface area contributed by atoms with E-state index in [2.05, 4.69) is 67.7 Å². The first-order valence-electron chi connectivity index (χ1n) is 7.53. The van der Waals surface area contributed by atoms with Crippen molar-refractivity contribution in [2.24, 2.45) is 0 Å². The number of nitrogens with one attached hydrogen (secondary N) is 1. The van der Waals surface area contributed by atoms with Crippen LogP contribution >= 0.6 is 0 Å². The van der Waals surface area contributed by atoms with E-state index in [1.807, 2.05) is 0 Å². The van der Waals surface area contributed by atoms with Gasteiger partial charge in [0.1, 0.15) is 0 Å². The summed E-state index contributed by atoms with van der Waals surface area (Å²) in [5.41, 5.74) is 5.01. The second-order valence-corrected chi connectivity index (χ2v) is 6.62. The van der Waals surface area contributed by atoms with Gasteiger partial charge in [0, 0.05) is 6.54 Å². The third-order valence-electron chi connectivity index (χ3n) is 3.68. The molecule has 0 aliphatic carbocycles. The van der Waals surface area contributed by atoms with Crippen LogP contribution in [0.2, 0.25) is 0 Å². The maximum atomic E-state index is 10.5. The van der Waals surface area contributed by atoms with Gasteiger partial charge in [0.2, 0.25) is 0 Å². The third-order valence-corrected chi connectivity index (χ3v) is 4.13. The van der Waals surface area contributed by atoms with Crippen LogP contribution in [-0.4, -0.2) is 21.2 Å². The molecule has 0 aromatic heterocycles. The Hall–Kier alpha value is -1.49. The van der Waals surface area contributed by atoms with Crippen LogP contribution in [0.1, 0.15) is 30.9 Å². The molecule has 0 radical (unpaired) electrons. The largest absolute Gasteiger partial charge is 0.305 e. The maximum Gasteiger partial charge on any atom is 0.167 e. The van der Waals surface area contributed by atoms with Gasteiger partial charge in [0.05, 0.1) is 5.88 Å². The first-order valence-corrected chi connectivity index (χ1v) is 8.81. The van der Waals surface area contributed by atoms with Gasteiger partial charge in [-0.3, -0.25) is 0 Å². The van der Waals surface area contributed by atoms with Gasteiger partial charge >= 0.3 is 0 Å². The predicted octanol–water partition coefficient (Wildman–Crippen LogP) is 3.79. The molecule has 0 fully saturated rings. The lowest BCUT2D eigenvalue weighted by Crippen LogP contribution is -2.21. The van der Waals surface area contributed by atoms with Crippen molar-refractivity contribution in [2.45, 2.75) is 26.2 Å². The minimum atomic E-state index is -1.77. The van der Waals surface area contributed by atoms with E-state index in [-0.39, 0.29) is 5.88 Å². The summed E-state index contributed by atoms with van der Waals surface area (Å²) in [4.78, 5) is 0. The number of hydrogen-bond acceptors (Lipinski definition) is 2. The summed E-state index contributed by atoms with van der Waals surface area (Å²) in [7, 11) is 0. The fourth-order valence-corrected chi connectivity index (χ4v) is 2.64. The molecule has 2 N–H and O–H groups in total. The van der Waals surface area contributed by atoms with Crippen molar-refractivity contribution in [1.82, 2.24) is 5.32 Å². The zero-order valence-electron chi connectivity index (χ0n) is 13.1. The Bertz CT molecular complexity index is 606. The van der Waals surface area contributed by atoms with Gasteiger partial charge in [0.25, 0.3) is 0 Å². The molecular formula is C18H23NO2S. The average molecular weight is 317 g/mol. The molecule has 2 aromatic carbocycles. The monoisotopic (exact) mass is 317 g/mol. The van der Waals surface area contributed by atoms with Crippen molar-refractivity contribution < 1.29 is 8.76 Å². The van der Waals surface area contributed by atoms with Gasteiger partial charge in [-0.15, -0.1) is 0 Å². The average Bonchev–Trinajstić information content (AvgIpc) is 2.52. The first kappa shape index (κ1) is 16.9. The smallest absolute Gasteiger partial charge is 0.167 e. The molecule has 1 unspecified atom stereocenters. The molecule has 0 amide bonds. The highest BCUT2D eigenvalue weighted by atomic mass is 32.2. The van der Waals surface area contributed by atoms with Crippen LogP contribution in [0.4, 0.5) is 0 Å². The topological polar surface area (TPSA) is 49.3 Å². The normalized spacial score (nSPS) is 12.5. The highest BCUT2D eigenvalue weighted by Crippen LogP contribution is 2.23. The Labute approximate surface area is 135 Å². The fourth-order valence-electron chi connectivity index (χ4n) is 2.32. The van der Waals surface area contributed by atoms with E-state index >= 15 is 0 Å². The SMILES string of the molecule is CC(C)c1ccc(-c2ccc(CCNCS(=O)O)cc2)cc1. The molecule has 0 bridgehead atoms. The molecule has 118 valence electrons. The third kappa shape index (κ3) is 5.05. The van der Waals surface area contributed by atoms with Crippen molar-refractivity contribution in [3.8, 4) is 11.1 Å². The van der Waals surface area contributed by atoms with E-state index in [9.17, 15) is 4.21 Å². The minimum absolute atomic E-state index is 0.125. The van der Waals surface area contributed by atoms with Crippen molar-refractivity contribution in [3.05, 3.63) is 59.7 Å². The molecule has 0 saturated heterocycles. The quantitative estimate of drug-likeness (QED) is 0.603. The van der Waals surface area contributed by atoms with Crippen molar-refractivity contribution in [3.63, 3.8) is 0 Å². The lowest BCUT2D eigenvalue weighted by atomic mass is 9.98. The van der Waals surface area contributed by atoms with Crippen molar-refractivity contribution in [1.29, 1.82) is 0 Å². The molecule has 22 heavy (non-hydrogen) atoms. The molecule has 0 heterocycles. The first-order chi connectivity index (χ1) is 10.6. The highest BCUT2D eigenvalue weighted by Gasteiger charge is 2.01. The van der Waals surface area contributed by atoms with Gasteiger partial charge < -0.3 is 9.87 Å². The zero-order chi connectivity index (χ0) is 15.9. The van der Waals surface area contributed by atoms with E-state index in [1.54, 1.807) is 0 Å². The van der Waals surface area contributed by atoms with E-state index in [0.717, 1.165) is 6.42 Å². The Balaban J connectivity index is 1.95. The highest BCUT2D eigenvalue weighted by molar-refractivity contribution is 7.79. The fraction of sp³-hybridized carbons (Fsp3) is 0.333. The second kappa shape index (κ2) is 8.22. The summed E-state index contributed by atoms with van der Waals surface area (Å²) in [6.45, 7) is 5.10. The number of rotatable bonds is 7. The van der Waals surface area contributed by atoms with Crippen LogP contribution in [-0.2, 0) is 17.5 Å². The van der Waals surface area contributed by atoms with Crippen LogP contribution in [0.3, 0.4) is 0 Å². The molecule has 3 nitrogen and oxygen atoms in total. The summed E-state index contributed by atoms with van der Waals surface area (Å²) in [6, 6.07) is 17.2. The van der Waals surface area contributed by atoms with Gasteiger partial charge in [-0.05, 0) is 34.6 Å².